The van der Waals surface area contributed by atoms with Crippen LogP contribution in [0.15, 0.2) is 71.6 Å². The summed E-state index contributed by atoms with van der Waals surface area (Å²) in [5.41, 5.74) is 6.44. The minimum atomic E-state index is -3.61. The van der Waals surface area contributed by atoms with Crippen LogP contribution in [0.1, 0.15) is 28.3 Å². The summed E-state index contributed by atoms with van der Waals surface area (Å²) in [7, 11) is -3.61. The molecule has 0 spiro atoms. The predicted molar refractivity (Wildman–Crippen MR) is 100.0 cm³/mol. The van der Waals surface area contributed by atoms with E-state index in [1.165, 1.54) is 0 Å². The van der Waals surface area contributed by atoms with Crippen LogP contribution in [0, 0.1) is 13.8 Å². The molecule has 1 atom stereocenters. The zero-order chi connectivity index (χ0) is 17.6. The van der Waals surface area contributed by atoms with Gasteiger partial charge in [0.15, 0.2) is 0 Å². The Balaban J connectivity index is 1.81. The van der Waals surface area contributed by atoms with Gasteiger partial charge in [0.05, 0.1) is 10.9 Å². The van der Waals surface area contributed by atoms with E-state index in [0.717, 1.165) is 33.4 Å². The largest absolute Gasteiger partial charge is 0.241 e. The van der Waals surface area contributed by atoms with Crippen molar-refractivity contribution >= 4 is 10.0 Å². The lowest BCUT2D eigenvalue weighted by molar-refractivity contribution is 0.573. The molecule has 25 heavy (non-hydrogen) atoms. The smallest absolute Gasteiger partial charge is 0.207 e. The molecule has 0 bridgehead atoms. The Kier molecular flexibility index (Phi) is 3.74. The molecule has 0 heterocycles. The molecule has 126 valence electrons. The Morgan fingerprint density at radius 3 is 2.24 bits per heavy atom. The fraction of sp³-hybridized carbons (Fsp3) is 0.143. The second-order valence-corrected chi connectivity index (χ2v) is 8.21. The maximum Gasteiger partial charge on any atom is 0.241 e. The number of fused-ring (bicyclic) bond motifs is 3. The lowest BCUT2D eigenvalue weighted by Gasteiger charge is -2.16. The van der Waals surface area contributed by atoms with E-state index in [4.69, 9.17) is 0 Å². The van der Waals surface area contributed by atoms with Gasteiger partial charge in [-0.15, -0.1) is 0 Å². The van der Waals surface area contributed by atoms with Crippen molar-refractivity contribution in [3.8, 4) is 11.1 Å². The number of sulfonamides is 1. The van der Waals surface area contributed by atoms with Crippen LogP contribution in [0.5, 0.6) is 0 Å². The van der Waals surface area contributed by atoms with E-state index in [1.54, 1.807) is 12.1 Å². The molecule has 0 aromatic heterocycles. The molecule has 0 amide bonds. The maximum atomic E-state index is 12.9. The van der Waals surface area contributed by atoms with Gasteiger partial charge in [0, 0.05) is 0 Å². The zero-order valence-corrected chi connectivity index (χ0v) is 15.0. The first-order valence-electron chi connectivity index (χ1n) is 8.25. The van der Waals surface area contributed by atoms with Crippen molar-refractivity contribution in [2.24, 2.45) is 0 Å². The number of hydrogen-bond donors (Lipinski definition) is 1. The lowest BCUT2D eigenvalue weighted by Crippen LogP contribution is -2.28. The highest BCUT2D eigenvalue weighted by Gasteiger charge is 2.32. The molecule has 1 N–H and O–H groups in total. The standard InChI is InChI=1S/C21H19NO2S/c1-14-10-12-16(13-11-14)25(23,24)22-21-18-8-4-3-7-17(18)20-15(2)6-5-9-19(20)21/h3-13,21-22H,1-2H3. The number of hydrogen-bond acceptors (Lipinski definition) is 2. The SMILES string of the molecule is Cc1ccc(S(=O)(=O)NC2c3ccccc3-c3c(C)cccc32)cc1. The number of aryl methyl sites for hydroxylation is 2. The second-order valence-electron chi connectivity index (χ2n) is 6.49. The molecule has 3 nitrogen and oxygen atoms in total. The molecule has 0 saturated heterocycles. The fourth-order valence-electron chi connectivity index (χ4n) is 3.51. The summed E-state index contributed by atoms with van der Waals surface area (Å²) in [6.45, 7) is 4.00. The zero-order valence-electron chi connectivity index (χ0n) is 14.2. The summed E-state index contributed by atoms with van der Waals surface area (Å²) in [4.78, 5) is 0.289. The monoisotopic (exact) mass is 349 g/mol. The molecule has 4 heteroatoms. The van der Waals surface area contributed by atoms with E-state index in [9.17, 15) is 8.42 Å². The number of benzene rings is 3. The van der Waals surface area contributed by atoms with Crippen LogP contribution in [0.3, 0.4) is 0 Å². The van der Waals surface area contributed by atoms with Gasteiger partial charge in [-0.2, -0.15) is 4.72 Å². The highest BCUT2D eigenvalue weighted by molar-refractivity contribution is 7.89. The van der Waals surface area contributed by atoms with E-state index >= 15 is 0 Å². The van der Waals surface area contributed by atoms with Gasteiger partial charge in [0.25, 0.3) is 0 Å². The van der Waals surface area contributed by atoms with Crippen LogP contribution in [0.2, 0.25) is 0 Å². The van der Waals surface area contributed by atoms with Gasteiger partial charge in [-0.1, -0.05) is 60.2 Å². The minimum absolute atomic E-state index is 0.289. The summed E-state index contributed by atoms with van der Waals surface area (Å²) in [6.07, 6.45) is 0. The summed E-state index contributed by atoms with van der Waals surface area (Å²) < 4.78 is 28.7. The molecule has 0 radical (unpaired) electrons. The van der Waals surface area contributed by atoms with Crippen LogP contribution < -0.4 is 4.72 Å². The third-order valence-electron chi connectivity index (χ3n) is 4.76. The predicted octanol–water partition coefficient (Wildman–Crippen LogP) is 4.35. The highest BCUT2D eigenvalue weighted by Crippen LogP contribution is 2.45. The Hall–Kier alpha value is -2.43. The molecule has 4 rings (SSSR count). The van der Waals surface area contributed by atoms with Crippen LogP contribution in [0.25, 0.3) is 11.1 Å². The third-order valence-corrected chi connectivity index (χ3v) is 6.20. The Morgan fingerprint density at radius 1 is 0.800 bits per heavy atom. The molecule has 0 aliphatic heterocycles. The molecular weight excluding hydrogens is 330 g/mol. The van der Waals surface area contributed by atoms with Gasteiger partial charge >= 0.3 is 0 Å². The average Bonchev–Trinajstić information content (AvgIpc) is 2.90. The topological polar surface area (TPSA) is 46.2 Å². The van der Waals surface area contributed by atoms with Crippen molar-refractivity contribution in [1.29, 1.82) is 0 Å². The van der Waals surface area contributed by atoms with E-state index in [-0.39, 0.29) is 10.9 Å². The first-order valence-corrected chi connectivity index (χ1v) is 9.73. The number of rotatable bonds is 3. The normalized spacial score (nSPS) is 15.7. The average molecular weight is 349 g/mol. The van der Waals surface area contributed by atoms with Crippen molar-refractivity contribution in [1.82, 2.24) is 4.72 Å². The highest BCUT2D eigenvalue weighted by atomic mass is 32.2. The first-order chi connectivity index (χ1) is 12.0. The summed E-state index contributed by atoms with van der Waals surface area (Å²) in [6, 6.07) is 20.6. The third kappa shape index (κ3) is 2.68. The first kappa shape index (κ1) is 16.1. The van der Waals surface area contributed by atoms with Gasteiger partial charge in [0.2, 0.25) is 10.0 Å². The summed E-state index contributed by atoms with van der Waals surface area (Å²) >= 11 is 0. The molecule has 1 aliphatic carbocycles. The minimum Gasteiger partial charge on any atom is -0.207 e. The Labute approximate surface area is 148 Å². The van der Waals surface area contributed by atoms with Gasteiger partial charge < -0.3 is 0 Å². The Morgan fingerprint density at radius 2 is 1.48 bits per heavy atom. The fourth-order valence-corrected chi connectivity index (χ4v) is 4.71. The van der Waals surface area contributed by atoms with Gasteiger partial charge in [-0.05, 0) is 53.8 Å². The van der Waals surface area contributed by atoms with E-state index < -0.39 is 10.0 Å². The van der Waals surface area contributed by atoms with Gasteiger partial charge in [-0.25, -0.2) is 8.42 Å². The van der Waals surface area contributed by atoms with E-state index in [0.29, 0.717) is 0 Å². The van der Waals surface area contributed by atoms with Crippen LogP contribution in [-0.2, 0) is 10.0 Å². The maximum absolute atomic E-state index is 12.9. The van der Waals surface area contributed by atoms with Crippen LogP contribution in [0.4, 0.5) is 0 Å². The molecule has 3 aromatic carbocycles. The Bertz CT molecular complexity index is 1050. The summed E-state index contributed by atoms with van der Waals surface area (Å²) in [5, 5.41) is 0. The van der Waals surface area contributed by atoms with Crippen molar-refractivity contribution in [3.63, 3.8) is 0 Å². The lowest BCUT2D eigenvalue weighted by atomic mass is 10.0. The quantitative estimate of drug-likeness (QED) is 0.764. The molecular formula is C21H19NO2S. The molecule has 1 aliphatic rings. The van der Waals surface area contributed by atoms with Gasteiger partial charge in [-0.3, -0.25) is 0 Å². The van der Waals surface area contributed by atoms with Crippen LogP contribution >= 0.6 is 0 Å². The molecule has 0 fully saturated rings. The van der Waals surface area contributed by atoms with Crippen molar-refractivity contribution in [2.45, 2.75) is 24.8 Å². The van der Waals surface area contributed by atoms with Crippen molar-refractivity contribution in [2.75, 3.05) is 0 Å². The van der Waals surface area contributed by atoms with E-state index in [2.05, 4.69) is 23.8 Å². The van der Waals surface area contributed by atoms with E-state index in [1.807, 2.05) is 49.4 Å². The van der Waals surface area contributed by atoms with Crippen molar-refractivity contribution < 1.29 is 8.42 Å². The molecule has 3 aromatic rings. The van der Waals surface area contributed by atoms with Gasteiger partial charge in [0.1, 0.15) is 0 Å². The van der Waals surface area contributed by atoms with Crippen molar-refractivity contribution in [3.05, 3.63) is 89.0 Å². The molecule has 0 saturated carbocycles. The van der Waals surface area contributed by atoms with Crippen LogP contribution in [-0.4, -0.2) is 8.42 Å². The molecule has 1 unspecified atom stereocenters. The summed E-state index contributed by atoms with van der Waals surface area (Å²) in [5.74, 6) is 0. The number of nitrogens with one attached hydrogen (secondary N) is 1. The second kappa shape index (κ2) is 5.83.